The molecule has 0 aromatic rings. The molecule has 2 aliphatic rings. The quantitative estimate of drug-likeness (QED) is 0.368. The first-order valence-electron chi connectivity index (χ1n) is 14.7. The molecule has 0 saturated carbocycles. The Morgan fingerprint density at radius 2 is 1.77 bits per heavy atom. The number of hydrogen-bond donors (Lipinski definition) is 2. The van der Waals surface area contributed by atoms with Crippen molar-refractivity contribution in [1.82, 2.24) is 4.90 Å². The molecule has 0 spiro atoms. The third-order valence-corrected chi connectivity index (χ3v) is 8.38. The van der Waals surface area contributed by atoms with Crippen LogP contribution in [0, 0.1) is 23.7 Å². The summed E-state index contributed by atoms with van der Waals surface area (Å²) in [6.07, 6.45) is 2.94. The third kappa shape index (κ3) is 9.58. The smallest absolute Gasteiger partial charge is 0.308 e. The molecule has 0 aliphatic carbocycles. The molecule has 1 saturated heterocycles. The third-order valence-electron chi connectivity index (χ3n) is 8.38. The fourth-order valence-electron chi connectivity index (χ4n) is 5.84. The fourth-order valence-corrected chi connectivity index (χ4v) is 5.84. The van der Waals surface area contributed by atoms with Gasteiger partial charge in [0.05, 0.1) is 24.7 Å². The van der Waals surface area contributed by atoms with E-state index < -0.39 is 48.3 Å². The topological polar surface area (TPSA) is 123 Å². The summed E-state index contributed by atoms with van der Waals surface area (Å²) in [5.41, 5.74) is 0.877. The molecule has 228 valence electrons. The normalized spacial score (nSPS) is 41.2. The van der Waals surface area contributed by atoms with E-state index in [0.717, 1.165) is 11.9 Å². The van der Waals surface area contributed by atoms with Crippen molar-refractivity contribution in [2.75, 3.05) is 14.1 Å². The predicted molar refractivity (Wildman–Crippen MR) is 152 cm³/mol. The van der Waals surface area contributed by atoms with Gasteiger partial charge in [-0.05, 0) is 59.2 Å². The minimum absolute atomic E-state index is 0.0796. The highest BCUT2D eigenvalue weighted by molar-refractivity contribution is 5.91. The first-order chi connectivity index (χ1) is 18.8. The van der Waals surface area contributed by atoms with Crippen LogP contribution in [-0.4, -0.2) is 90.1 Å². The number of hydrogen-bond acceptors (Lipinski definition) is 9. The van der Waals surface area contributed by atoms with Crippen molar-refractivity contribution in [1.29, 1.82) is 0 Å². The lowest BCUT2D eigenvalue weighted by Crippen LogP contribution is -2.56. The lowest BCUT2D eigenvalue weighted by atomic mass is 9.79. The Bertz CT molecular complexity index is 902. The van der Waals surface area contributed by atoms with Crippen molar-refractivity contribution in [3.8, 4) is 0 Å². The van der Waals surface area contributed by atoms with Crippen LogP contribution in [0.2, 0.25) is 0 Å². The SMILES string of the molecule is CC[C@H]1OC(=O)C[C@@H](O)[C@H](C)[C@@H](O[C@@H]2O[C@H](C)C[C@H](N(C)C)[C@H]2O)[C@H](CC=O)C[C@@H](C)C(=O)/C=C/C(C)=C/[C@@H]1C. The maximum Gasteiger partial charge on any atom is 0.308 e. The van der Waals surface area contributed by atoms with Crippen molar-refractivity contribution >= 4 is 18.0 Å². The molecular formula is C31H51NO8. The number of ether oxygens (including phenoxy) is 3. The van der Waals surface area contributed by atoms with Gasteiger partial charge in [-0.1, -0.05) is 45.4 Å². The van der Waals surface area contributed by atoms with Crippen molar-refractivity contribution < 1.29 is 38.8 Å². The number of carbonyl (C=O) groups excluding carboxylic acids is 3. The predicted octanol–water partition coefficient (Wildman–Crippen LogP) is 3.46. The van der Waals surface area contributed by atoms with E-state index in [1.165, 1.54) is 0 Å². The van der Waals surface area contributed by atoms with Crippen LogP contribution in [0.25, 0.3) is 0 Å². The molecule has 40 heavy (non-hydrogen) atoms. The summed E-state index contributed by atoms with van der Waals surface area (Å²) in [6.45, 7) is 11.3. The van der Waals surface area contributed by atoms with Crippen LogP contribution in [-0.2, 0) is 28.6 Å². The molecule has 9 nitrogen and oxygen atoms in total. The number of allylic oxidation sites excluding steroid dienone is 3. The van der Waals surface area contributed by atoms with E-state index in [1.54, 1.807) is 19.1 Å². The van der Waals surface area contributed by atoms with Gasteiger partial charge in [-0.15, -0.1) is 0 Å². The number of aliphatic hydroxyl groups excluding tert-OH is 2. The van der Waals surface area contributed by atoms with Crippen molar-refractivity contribution in [2.45, 2.75) is 116 Å². The molecule has 2 aliphatic heterocycles. The highest BCUT2D eigenvalue weighted by Gasteiger charge is 2.43. The largest absolute Gasteiger partial charge is 0.462 e. The minimum Gasteiger partial charge on any atom is -0.462 e. The van der Waals surface area contributed by atoms with E-state index >= 15 is 0 Å². The number of ketones is 1. The van der Waals surface area contributed by atoms with E-state index in [4.69, 9.17) is 14.2 Å². The number of likely N-dealkylation sites (N-methyl/N-ethyl adjacent to an activating group) is 1. The number of aliphatic hydroxyl groups is 2. The highest BCUT2D eigenvalue weighted by atomic mass is 16.7. The Kier molecular flexibility index (Phi) is 13.6. The zero-order valence-electron chi connectivity index (χ0n) is 25.5. The maximum absolute atomic E-state index is 13.1. The maximum atomic E-state index is 13.1. The van der Waals surface area contributed by atoms with Crippen LogP contribution in [0.3, 0.4) is 0 Å². The van der Waals surface area contributed by atoms with Crippen LogP contribution in [0.5, 0.6) is 0 Å². The lowest BCUT2D eigenvalue weighted by Gasteiger charge is -2.44. The summed E-state index contributed by atoms with van der Waals surface area (Å²) in [6, 6.07) is -0.213. The first-order valence-corrected chi connectivity index (χ1v) is 14.7. The summed E-state index contributed by atoms with van der Waals surface area (Å²) in [7, 11) is 3.76. The van der Waals surface area contributed by atoms with Gasteiger partial charge in [-0.2, -0.15) is 0 Å². The molecule has 2 rings (SSSR count). The average molecular weight is 566 g/mol. The Hall–Kier alpha value is -1.91. The van der Waals surface area contributed by atoms with Gasteiger partial charge in [0.1, 0.15) is 18.5 Å². The Labute approximate surface area is 239 Å². The van der Waals surface area contributed by atoms with E-state index in [1.807, 2.05) is 59.7 Å². The van der Waals surface area contributed by atoms with Gasteiger partial charge in [0.15, 0.2) is 12.1 Å². The number of nitrogens with zero attached hydrogens (tertiary/aromatic N) is 1. The number of carbonyl (C=O) groups is 3. The van der Waals surface area contributed by atoms with Gasteiger partial charge < -0.3 is 34.1 Å². The summed E-state index contributed by atoms with van der Waals surface area (Å²) in [4.78, 5) is 39.7. The molecule has 11 atom stereocenters. The molecule has 9 heteroatoms. The summed E-state index contributed by atoms with van der Waals surface area (Å²) >= 11 is 0. The molecule has 1 fully saturated rings. The molecule has 0 radical (unpaired) electrons. The average Bonchev–Trinajstić information content (AvgIpc) is 2.88. The van der Waals surface area contributed by atoms with Gasteiger partial charge in [-0.3, -0.25) is 9.59 Å². The van der Waals surface area contributed by atoms with Gasteiger partial charge in [0, 0.05) is 30.2 Å². The second kappa shape index (κ2) is 15.9. The number of rotatable bonds is 6. The number of esters is 1. The fraction of sp³-hybridized carbons (Fsp3) is 0.774. The van der Waals surface area contributed by atoms with Crippen LogP contribution in [0.15, 0.2) is 23.8 Å². The van der Waals surface area contributed by atoms with Crippen LogP contribution < -0.4 is 0 Å². The van der Waals surface area contributed by atoms with Crippen LogP contribution >= 0.6 is 0 Å². The van der Waals surface area contributed by atoms with Crippen LogP contribution in [0.1, 0.15) is 73.6 Å². The van der Waals surface area contributed by atoms with Crippen molar-refractivity contribution in [3.63, 3.8) is 0 Å². The van der Waals surface area contributed by atoms with Gasteiger partial charge in [-0.25, -0.2) is 0 Å². The zero-order valence-corrected chi connectivity index (χ0v) is 25.5. The van der Waals surface area contributed by atoms with Gasteiger partial charge >= 0.3 is 5.97 Å². The monoisotopic (exact) mass is 565 g/mol. The van der Waals surface area contributed by atoms with Gasteiger partial charge in [0.2, 0.25) is 0 Å². The summed E-state index contributed by atoms with van der Waals surface area (Å²) in [5, 5.41) is 22.3. The summed E-state index contributed by atoms with van der Waals surface area (Å²) < 4.78 is 18.2. The Morgan fingerprint density at radius 1 is 1.10 bits per heavy atom. The lowest BCUT2D eigenvalue weighted by molar-refractivity contribution is -0.283. The van der Waals surface area contributed by atoms with E-state index in [2.05, 4.69) is 0 Å². The van der Waals surface area contributed by atoms with E-state index in [0.29, 0.717) is 19.3 Å². The van der Waals surface area contributed by atoms with Crippen molar-refractivity contribution in [3.05, 3.63) is 23.8 Å². The standard InChI is InChI=1S/C31H51NO8/c1-9-27-20(4)14-18(2)10-11-25(34)19(3)15-23(12-13-33)30(22(6)26(35)17-28(36)39-27)40-31-29(37)24(32(7)8)16-21(5)38-31/h10-11,13-14,19-24,26-27,29-31,35,37H,9,12,15-17H2,1-8H3/b11-10+,18-14+/t19-,20+,21-,22+,23-,24+,26-,27-,29-,30-,31+/m1/s1. The molecule has 2 heterocycles. The number of aldehydes is 1. The van der Waals surface area contributed by atoms with Crippen molar-refractivity contribution in [2.24, 2.45) is 23.7 Å². The molecule has 0 amide bonds. The molecule has 0 bridgehead atoms. The van der Waals surface area contributed by atoms with E-state index in [-0.39, 0.29) is 42.8 Å². The van der Waals surface area contributed by atoms with E-state index in [9.17, 15) is 24.6 Å². The zero-order chi connectivity index (χ0) is 30.1. The summed E-state index contributed by atoms with van der Waals surface area (Å²) in [5.74, 6) is -2.20. The van der Waals surface area contributed by atoms with Crippen LogP contribution in [0.4, 0.5) is 0 Å². The first kappa shape index (κ1) is 34.3. The second-order valence-electron chi connectivity index (χ2n) is 12.0. The second-order valence-corrected chi connectivity index (χ2v) is 12.0. The molecule has 0 aromatic carbocycles. The highest BCUT2D eigenvalue weighted by Crippen LogP contribution is 2.34. The minimum atomic E-state index is -1.14. The molecule has 2 N–H and O–H groups in total. The number of cyclic esters (lactones) is 1. The molecular weight excluding hydrogens is 514 g/mol. The van der Waals surface area contributed by atoms with Gasteiger partial charge in [0.25, 0.3) is 0 Å². The Morgan fingerprint density at radius 3 is 2.38 bits per heavy atom. The molecule has 0 unspecified atom stereocenters. The Balaban J connectivity index is 2.48. The molecule has 0 aromatic heterocycles.